The molecule has 17 amide bonds. The second-order valence-corrected chi connectivity index (χ2v) is 29.1. The zero-order chi connectivity index (χ0) is 87.9. The number of primary amides is 2. The van der Waals surface area contributed by atoms with Crippen LogP contribution in [-0.2, 0) is 95.9 Å². The Morgan fingerprint density at radius 3 is 0.939 bits per heavy atom. The molecule has 0 unspecified atom stereocenters. The lowest BCUT2D eigenvalue weighted by Gasteiger charge is -2.27. The number of amides is 17. The molecule has 652 valence electrons. The molecule has 0 rings (SSSR count). The van der Waals surface area contributed by atoms with Crippen LogP contribution in [0.4, 0.5) is 0 Å². The number of carboxylic acids is 3. The topological polar surface area (TPSA) is 753 Å². The smallest absolute Gasteiger partial charge is 0.326 e. The number of nitrogens with one attached hydrogen (secondary N) is 15. The van der Waals surface area contributed by atoms with Crippen molar-refractivity contribution in [3.63, 3.8) is 0 Å². The van der Waals surface area contributed by atoms with Gasteiger partial charge >= 0.3 is 17.9 Å². The number of nitrogens with two attached hydrogens (primary N) is 5. The zero-order valence-corrected chi connectivity index (χ0v) is 67.1. The molecule has 0 aromatic carbocycles. The first-order chi connectivity index (χ1) is 53.9. The van der Waals surface area contributed by atoms with Crippen molar-refractivity contribution >= 4 is 130 Å². The van der Waals surface area contributed by atoms with E-state index in [1.165, 1.54) is 18.7 Å². The fraction of sp³-hybridized carbons (Fsp3) is 0.710. The number of aliphatic hydroxyl groups excluding tert-OH is 2. The van der Waals surface area contributed by atoms with Gasteiger partial charge in [-0.2, -0.15) is 11.8 Å². The van der Waals surface area contributed by atoms with Crippen LogP contribution >= 0.6 is 11.8 Å². The number of carbonyl (C=O) groups excluding carboxylic acids is 17. The molecular formula is C69H120N20O25S. The maximum absolute atomic E-state index is 14.1. The van der Waals surface area contributed by atoms with E-state index in [-0.39, 0.29) is 70.4 Å². The summed E-state index contributed by atoms with van der Waals surface area (Å²) >= 11 is 1.31. The number of carbonyl (C=O) groups is 20. The summed E-state index contributed by atoms with van der Waals surface area (Å²) in [5.74, 6) is -21.6. The fourth-order valence-electron chi connectivity index (χ4n) is 10.5. The highest BCUT2D eigenvalue weighted by molar-refractivity contribution is 7.98. The largest absolute Gasteiger partial charge is 0.481 e. The van der Waals surface area contributed by atoms with Gasteiger partial charge in [0.2, 0.25) is 100 Å². The van der Waals surface area contributed by atoms with Crippen molar-refractivity contribution in [2.75, 3.05) is 44.9 Å². The molecule has 0 aromatic heterocycles. The third kappa shape index (κ3) is 43.6. The first-order valence-electron chi connectivity index (χ1n) is 37.5. The number of unbranched alkanes of at least 4 members (excludes halogenated alkanes) is 2. The van der Waals surface area contributed by atoms with Crippen molar-refractivity contribution in [2.45, 2.75) is 255 Å². The second kappa shape index (κ2) is 55.9. The van der Waals surface area contributed by atoms with E-state index in [1.807, 2.05) is 0 Å². The predicted molar refractivity (Wildman–Crippen MR) is 411 cm³/mol. The van der Waals surface area contributed by atoms with E-state index in [1.54, 1.807) is 34.0 Å². The molecule has 0 aliphatic heterocycles. The third-order valence-electron chi connectivity index (χ3n) is 17.0. The Morgan fingerprint density at radius 1 is 0.322 bits per heavy atom. The number of thioether (sulfide) groups is 1. The van der Waals surface area contributed by atoms with Crippen molar-refractivity contribution in [3.8, 4) is 0 Å². The molecule has 0 fully saturated rings. The van der Waals surface area contributed by atoms with E-state index in [2.05, 4.69) is 79.8 Å². The summed E-state index contributed by atoms with van der Waals surface area (Å²) in [4.78, 5) is 263. The first-order valence-corrected chi connectivity index (χ1v) is 38.9. The minimum Gasteiger partial charge on any atom is -0.481 e. The minimum atomic E-state index is -1.85. The molecule has 0 spiro atoms. The van der Waals surface area contributed by atoms with Crippen molar-refractivity contribution in [3.05, 3.63) is 0 Å². The van der Waals surface area contributed by atoms with E-state index in [4.69, 9.17) is 28.7 Å². The van der Waals surface area contributed by atoms with Crippen LogP contribution in [0.25, 0.3) is 0 Å². The molecule has 0 saturated heterocycles. The van der Waals surface area contributed by atoms with E-state index in [9.17, 15) is 121 Å². The van der Waals surface area contributed by atoms with E-state index < -0.39 is 280 Å². The summed E-state index contributed by atoms with van der Waals surface area (Å²) in [5.41, 5.74) is 27.5. The molecule has 0 aliphatic rings. The molecule has 0 aliphatic carbocycles. The van der Waals surface area contributed by atoms with Crippen molar-refractivity contribution in [1.29, 1.82) is 0 Å². The van der Waals surface area contributed by atoms with Crippen molar-refractivity contribution < 1.29 is 121 Å². The second-order valence-electron chi connectivity index (χ2n) is 28.1. The molecular weight excluding hydrogens is 1540 g/mol. The number of aliphatic carboxylic acids is 3. The Labute approximate surface area is 669 Å². The van der Waals surface area contributed by atoms with Crippen LogP contribution in [0.1, 0.15) is 165 Å². The Morgan fingerprint density at radius 2 is 0.609 bits per heavy atom. The van der Waals surface area contributed by atoms with E-state index in [0.29, 0.717) is 18.6 Å². The maximum Gasteiger partial charge on any atom is 0.326 e. The molecule has 30 N–H and O–H groups in total. The van der Waals surface area contributed by atoms with Gasteiger partial charge in [-0.1, -0.05) is 27.7 Å². The van der Waals surface area contributed by atoms with Gasteiger partial charge in [0.25, 0.3) is 0 Å². The monoisotopic (exact) mass is 1660 g/mol. The lowest BCUT2D eigenvalue weighted by atomic mass is 10.0. The summed E-state index contributed by atoms with van der Waals surface area (Å²) in [6.45, 7) is 8.99. The standard InChI is InChI=1S/C69H120N20O25S/c1-33(2)28-47(87-68(112)49(32-91)89-58(102)38(8)79-62(106)42(16-20-50(73)92)85-66(110)46(24-27-115-9)84-59(103)39(72)31-90)67(111)86-45(19-23-54(97)98)64(108)78-37(7)57(101)83-44(18-22-53(95)96)63(107)77-35(5)55(99)81-40(14-10-12-25-70)60(104)75-30-52(94)80-41(15-11-13-26-71)61(105)76-36(6)56(100)82-43(17-21-51(74)93)65(109)88-48(69(113)114)29-34(3)4/h33-49,90-91H,10-32,70-72H2,1-9H3,(H2,73,92)(H2,74,93)(H,75,104)(H,76,105)(H,77,107)(H,78,108)(H,79,106)(H,80,94)(H,81,99)(H,82,100)(H,83,101)(H,84,103)(H,85,110)(H,86,111)(H,87,112)(H,88,109)(H,89,102)(H,95,96)(H,97,98)(H,113,114)/t35-,36-,37-,38-,39-,40-,41-,42-,43-,44-,45-,46-,47-,48-,49-/m0/s1. The molecule has 46 heteroatoms. The SMILES string of the molecule is CSCC[C@H](NC(=O)[C@@H](N)CO)C(=O)N[C@@H](CCC(N)=O)C(=O)N[C@@H](C)C(=O)N[C@@H](CO)C(=O)N[C@@H](CC(C)C)C(=O)N[C@@H](CCC(=O)O)C(=O)N[C@@H](C)C(=O)N[C@@H](CCC(=O)O)C(=O)N[C@@H](C)C(=O)N[C@@H](CCCCN)C(=O)NCC(=O)N[C@@H](CCCCN)C(=O)N[C@@H](C)C(=O)N[C@@H](CCC(N)=O)C(=O)N[C@@H](CC(C)C)C(=O)O. The van der Waals surface area contributed by atoms with Crippen LogP contribution in [0.15, 0.2) is 0 Å². The Hall–Kier alpha value is -10.4. The Balaban J connectivity index is 6.47. The molecule has 0 bridgehead atoms. The highest BCUT2D eigenvalue weighted by Crippen LogP contribution is 2.13. The van der Waals surface area contributed by atoms with Gasteiger partial charge in [0, 0.05) is 25.7 Å². The number of aliphatic hydroxyl groups is 2. The molecule has 15 atom stereocenters. The van der Waals surface area contributed by atoms with Gasteiger partial charge in [0.1, 0.15) is 90.6 Å². The summed E-state index contributed by atoms with van der Waals surface area (Å²) in [6, 6.07) is -23.0. The molecule has 115 heavy (non-hydrogen) atoms. The maximum atomic E-state index is 14.1. The highest BCUT2D eigenvalue weighted by Gasteiger charge is 2.37. The van der Waals surface area contributed by atoms with Gasteiger partial charge in [0.05, 0.1) is 19.8 Å². The van der Waals surface area contributed by atoms with E-state index >= 15 is 0 Å². The van der Waals surface area contributed by atoms with Crippen LogP contribution in [0.5, 0.6) is 0 Å². The minimum absolute atomic E-state index is 0.0282. The van der Waals surface area contributed by atoms with Crippen molar-refractivity contribution in [1.82, 2.24) is 79.8 Å². The number of hydrogen-bond acceptors (Lipinski definition) is 26. The summed E-state index contributed by atoms with van der Waals surface area (Å²) < 4.78 is 0. The van der Waals surface area contributed by atoms with Gasteiger partial charge in [0.15, 0.2) is 0 Å². The number of carboxylic acid groups (broad SMARTS) is 3. The van der Waals surface area contributed by atoms with Crippen LogP contribution in [0.2, 0.25) is 0 Å². The third-order valence-corrected chi connectivity index (χ3v) is 17.7. The molecule has 0 heterocycles. The van der Waals surface area contributed by atoms with Crippen molar-refractivity contribution in [2.24, 2.45) is 40.5 Å². The molecule has 0 aromatic rings. The summed E-state index contributed by atoms with van der Waals surface area (Å²) in [7, 11) is 0. The zero-order valence-electron chi connectivity index (χ0n) is 66.3. The predicted octanol–water partition coefficient (Wildman–Crippen LogP) is -9.27. The quantitative estimate of drug-likeness (QED) is 0.0251. The molecule has 0 radical (unpaired) electrons. The Bertz CT molecular complexity index is 3320. The average molecular weight is 1660 g/mol. The van der Waals surface area contributed by atoms with Crippen LogP contribution in [0.3, 0.4) is 0 Å². The van der Waals surface area contributed by atoms with Crippen LogP contribution < -0.4 is 108 Å². The lowest BCUT2D eigenvalue weighted by Crippen LogP contribution is -2.60. The van der Waals surface area contributed by atoms with Gasteiger partial charge in [-0.05, 0) is 148 Å². The number of rotatable bonds is 60. The van der Waals surface area contributed by atoms with Gasteiger partial charge < -0.3 is 134 Å². The molecule has 0 saturated carbocycles. The van der Waals surface area contributed by atoms with E-state index in [0.717, 1.165) is 20.8 Å². The van der Waals surface area contributed by atoms with Gasteiger partial charge in [-0.25, -0.2) is 4.79 Å². The van der Waals surface area contributed by atoms with Gasteiger partial charge in [-0.15, -0.1) is 0 Å². The van der Waals surface area contributed by atoms with Gasteiger partial charge in [-0.3, -0.25) is 91.1 Å². The normalized spacial score (nSPS) is 15.0. The van der Waals surface area contributed by atoms with Crippen LogP contribution in [0, 0.1) is 11.8 Å². The Kier molecular flexibility index (Phi) is 50.8. The summed E-state index contributed by atoms with van der Waals surface area (Å²) in [5, 5.41) is 83.8. The number of hydrogen-bond donors (Lipinski definition) is 25. The fourth-order valence-corrected chi connectivity index (χ4v) is 11.0. The summed E-state index contributed by atoms with van der Waals surface area (Å²) in [6.07, 6.45) is -1.69. The average Bonchev–Trinajstić information content (AvgIpc) is 0.870. The van der Waals surface area contributed by atoms with Crippen LogP contribution in [-0.4, -0.2) is 279 Å². The molecule has 45 nitrogen and oxygen atoms in total. The first kappa shape index (κ1) is 105. The lowest BCUT2D eigenvalue weighted by molar-refractivity contribution is -0.143. The highest BCUT2D eigenvalue weighted by atomic mass is 32.2.